The van der Waals surface area contributed by atoms with Gasteiger partial charge in [0.05, 0.1) is 19.3 Å². The Hall–Kier alpha value is -1.22. The molecule has 0 unspecified atom stereocenters. The van der Waals surface area contributed by atoms with Crippen LogP contribution in [0, 0.1) is 0 Å². The number of rotatable bonds is 10. The molecule has 0 spiro atoms. The molecule has 3 fully saturated rings. The van der Waals surface area contributed by atoms with Gasteiger partial charge in [-0.2, -0.15) is 8.42 Å². The van der Waals surface area contributed by atoms with Gasteiger partial charge >= 0.3 is 10.4 Å². The van der Waals surface area contributed by atoms with E-state index < -0.39 is 122 Å². The van der Waals surface area contributed by atoms with Crippen LogP contribution in [0.4, 0.5) is 0 Å². The summed E-state index contributed by atoms with van der Waals surface area (Å²) in [7, 11) is -4.10. The standard InChI is InChI=1S/C21H37NO19S/c1-6-11(25)13(27)14(28)20(36-6)40-17-10(22-7(2)24)19(30)37-9(5-35-42(32,33)34)16(17)39-21-15(29)18(41(3)31)12(26)8(4-23)38-21/h6,8-21,23,25-31H,4-5H2,1-3H3,(H-,22,24,32,33,34)/p+1/t6-,8+,9+,10+,11+,12-,13+,14-,15+,16+,17+,18-,19+,20+,21-/m0/s1. The van der Waals surface area contributed by atoms with Crippen LogP contribution in [0.5, 0.6) is 0 Å². The van der Waals surface area contributed by atoms with Crippen molar-refractivity contribution in [2.75, 3.05) is 20.3 Å². The molecule has 20 nitrogen and oxygen atoms in total. The summed E-state index contributed by atoms with van der Waals surface area (Å²) in [6, 6.07) is -1.59. The van der Waals surface area contributed by atoms with E-state index in [1.165, 1.54) is 11.4 Å². The molecule has 3 aliphatic heterocycles. The number of hydrogen-bond acceptors (Lipinski definition) is 17. The third-order valence-corrected chi connectivity index (χ3v) is 7.46. The Labute approximate surface area is 239 Å². The SMILES string of the molecule is CC(=O)N[C@@H]1[C@@H](O[C@H]2O[C@@H](C)[C@@H](O)[C@@H](O)[C@@H]2O)[C@H](O[C@@H]2O[C@H](CO)[C@H](O)[C@H]([O+](C)O)[C@H]2O)[C@@H](COS(=O)(=O)O)O[C@H]1O. The largest absolute Gasteiger partial charge is 0.397 e. The third-order valence-electron chi connectivity index (χ3n) is 7.02. The fourth-order valence-electron chi connectivity index (χ4n) is 4.93. The van der Waals surface area contributed by atoms with Gasteiger partial charge in [-0.15, -0.1) is 5.26 Å². The van der Waals surface area contributed by atoms with Gasteiger partial charge in [0.1, 0.15) is 48.8 Å². The first kappa shape index (κ1) is 35.3. The lowest BCUT2D eigenvalue weighted by atomic mass is 9.94. The minimum absolute atomic E-state index is 0.743. The Morgan fingerprint density at radius 3 is 2.02 bits per heavy atom. The summed E-state index contributed by atoms with van der Waals surface area (Å²) in [5.41, 5.74) is 0. The number of aliphatic hydroxyl groups excluding tert-OH is 7. The summed E-state index contributed by atoms with van der Waals surface area (Å²) in [6.07, 6.45) is -23.8. The fourth-order valence-corrected chi connectivity index (χ4v) is 5.23. The summed E-state index contributed by atoms with van der Waals surface area (Å²) in [4.78, 5) is 12.0. The number of hydrogen-bond donors (Lipinski definition) is 10. The number of carbonyl (C=O) groups excluding carboxylic acids is 1. The number of amides is 1. The van der Waals surface area contributed by atoms with Crippen molar-refractivity contribution < 1.29 is 91.2 Å². The second kappa shape index (κ2) is 14.3. The lowest BCUT2D eigenvalue weighted by molar-refractivity contribution is -0.485. The normalized spacial score (nSPS) is 45.1. The van der Waals surface area contributed by atoms with E-state index in [4.69, 9.17) is 28.2 Å². The van der Waals surface area contributed by atoms with Crippen LogP contribution in [0.15, 0.2) is 0 Å². The fraction of sp³-hybridized carbons (Fsp3) is 0.952. The van der Waals surface area contributed by atoms with Crippen molar-refractivity contribution in [3.63, 3.8) is 0 Å². The second-order valence-corrected chi connectivity index (χ2v) is 11.2. The maximum absolute atomic E-state index is 12.0. The number of nitrogens with one attached hydrogen (secondary N) is 1. The molecule has 0 bridgehead atoms. The average Bonchev–Trinajstić information content (AvgIpc) is 2.88. The second-order valence-electron chi connectivity index (χ2n) is 10.1. The predicted molar refractivity (Wildman–Crippen MR) is 129 cm³/mol. The molecule has 3 heterocycles. The van der Waals surface area contributed by atoms with E-state index in [-0.39, 0.29) is 0 Å². The van der Waals surface area contributed by atoms with Crippen molar-refractivity contribution in [2.24, 2.45) is 0 Å². The predicted octanol–water partition coefficient (Wildman–Crippen LogP) is -5.91. The van der Waals surface area contributed by atoms with Gasteiger partial charge in [-0.05, 0) is 6.92 Å². The molecule has 3 saturated heterocycles. The van der Waals surface area contributed by atoms with Crippen LogP contribution >= 0.6 is 0 Å². The Morgan fingerprint density at radius 1 is 0.881 bits per heavy atom. The Morgan fingerprint density at radius 2 is 1.48 bits per heavy atom. The van der Waals surface area contributed by atoms with Crippen LogP contribution in [-0.2, 0) is 47.6 Å². The third kappa shape index (κ3) is 8.08. The smallest absolute Gasteiger partial charge is 0.394 e. The summed E-state index contributed by atoms with van der Waals surface area (Å²) in [5.74, 6) is -0.743. The monoisotopic (exact) mass is 640 g/mol. The molecular weight excluding hydrogens is 602 g/mol. The van der Waals surface area contributed by atoms with E-state index in [0.29, 0.717) is 0 Å². The summed E-state index contributed by atoms with van der Waals surface area (Å²) in [6.45, 7) is 0.503. The maximum Gasteiger partial charge on any atom is 0.397 e. The van der Waals surface area contributed by atoms with Crippen molar-refractivity contribution in [3.05, 3.63) is 0 Å². The molecule has 21 heteroatoms. The van der Waals surface area contributed by atoms with Gasteiger partial charge in [0.15, 0.2) is 38.2 Å². The van der Waals surface area contributed by atoms with Crippen molar-refractivity contribution in [2.45, 2.75) is 106 Å². The summed E-state index contributed by atoms with van der Waals surface area (Å²) < 4.78 is 65.4. The number of ether oxygens (including phenoxy) is 5. The van der Waals surface area contributed by atoms with Crippen LogP contribution in [0.3, 0.4) is 0 Å². The molecule has 0 aromatic rings. The van der Waals surface area contributed by atoms with Gasteiger partial charge in [-0.3, -0.25) is 9.35 Å². The van der Waals surface area contributed by atoms with Gasteiger partial charge in [0.25, 0.3) is 6.10 Å². The zero-order valence-electron chi connectivity index (χ0n) is 22.6. The highest BCUT2D eigenvalue weighted by Gasteiger charge is 2.57. The molecule has 0 aromatic heterocycles. The molecule has 0 aliphatic carbocycles. The maximum atomic E-state index is 12.0. The van der Waals surface area contributed by atoms with Crippen LogP contribution in [0.25, 0.3) is 0 Å². The van der Waals surface area contributed by atoms with E-state index in [2.05, 4.69) is 9.50 Å². The minimum Gasteiger partial charge on any atom is -0.394 e. The summed E-state index contributed by atoms with van der Waals surface area (Å²) >= 11 is 0. The van der Waals surface area contributed by atoms with Gasteiger partial charge in [0.2, 0.25) is 5.91 Å². The molecule has 10 N–H and O–H groups in total. The Kier molecular flexibility index (Phi) is 12.0. The van der Waals surface area contributed by atoms with Crippen LogP contribution in [0.2, 0.25) is 0 Å². The Bertz CT molecular complexity index is 1000. The lowest BCUT2D eigenvalue weighted by Crippen LogP contribution is -2.69. The molecule has 246 valence electrons. The minimum atomic E-state index is -5.10. The van der Waals surface area contributed by atoms with E-state index in [1.807, 2.05) is 0 Å². The van der Waals surface area contributed by atoms with E-state index in [0.717, 1.165) is 14.0 Å². The molecule has 1 amide bonds. The highest BCUT2D eigenvalue weighted by atomic mass is 32.3. The topological polar surface area (TPSA) is 303 Å². The first-order valence-electron chi connectivity index (χ1n) is 12.7. The van der Waals surface area contributed by atoms with Crippen LogP contribution < -0.4 is 5.32 Å². The molecule has 0 saturated carbocycles. The van der Waals surface area contributed by atoms with E-state index in [1.54, 1.807) is 0 Å². The van der Waals surface area contributed by atoms with E-state index >= 15 is 0 Å². The summed E-state index contributed by atoms with van der Waals surface area (Å²) in [5, 5.41) is 84.7. The van der Waals surface area contributed by atoms with Crippen molar-refractivity contribution >= 4 is 16.3 Å². The molecule has 3 rings (SSSR count). The number of carbonyl (C=O) groups is 1. The van der Waals surface area contributed by atoms with Crippen molar-refractivity contribution in [3.8, 4) is 0 Å². The highest BCUT2D eigenvalue weighted by Crippen LogP contribution is 2.34. The molecule has 0 aromatic carbocycles. The molecule has 0 radical (unpaired) electrons. The number of aliphatic hydroxyl groups is 7. The first-order chi connectivity index (χ1) is 19.5. The van der Waals surface area contributed by atoms with Crippen molar-refractivity contribution in [1.29, 1.82) is 0 Å². The van der Waals surface area contributed by atoms with Gasteiger partial charge in [-0.1, -0.05) is 0 Å². The van der Waals surface area contributed by atoms with Crippen molar-refractivity contribution in [1.82, 2.24) is 5.32 Å². The van der Waals surface area contributed by atoms with Gasteiger partial charge < -0.3 is 64.7 Å². The van der Waals surface area contributed by atoms with E-state index in [9.17, 15) is 54.2 Å². The van der Waals surface area contributed by atoms with Gasteiger partial charge in [-0.25, -0.2) is 8.70 Å². The lowest BCUT2D eigenvalue weighted by Gasteiger charge is -2.49. The zero-order chi connectivity index (χ0) is 31.7. The molecule has 15 atom stereocenters. The molecular formula is C21H38NO19S+. The van der Waals surface area contributed by atoms with Crippen LogP contribution in [-0.4, -0.2) is 172 Å². The zero-order valence-corrected chi connectivity index (χ0v) is 23.4. The highest BCUT2D eigenvalue weighted by molar-refractivity contribution is 7.80. The average molecular weight is 641 g/mol. The van der Waals surface area contributed by atoms with Crippen LogP contribution in [0.1, 0.15) is 13.8 Å². The quantitative estimate of drug-likeness (QED) is 0.0460. The Balaban J connectivity index is 2.03. The first-order valence-corrected chi connectivity index (χ1v) is 14.0. The molecule has 3 aliphatic rings. The molecule has 42 heavy (non-hydrogen) atoms. The van der Waals surface area contributed by atoms with Gasteiger partial charge in [0, 0.05) is 6.92 Å².